The fraction of sp³-hybridized carbons (Fsp3) is 0.182. The predicted molar refractivity (Wildman–Crippen MR) is 66.7 cm³/mol. The molecular weight excluding hydrogens is 286 g/mol. The fourth-order valence-electron chi connectivity index (χ4n) is 1.34. The number of amides is 1. The van der Waals surface area contributed by atoms with Crippen LogP contribution in [0.1, 0.15) is 12.0 Å². The van der Waals surface area contributed by atoms with E-state index >= 15 is 0 Å². The molecule has 0 saturated carbocycles. The Balaban J connectivity index is 3.00. The molecule has 8 nitrogen and oxygen atoms in total. The highest BCUT2D eigenvalue weighted by molar-refractivity contribution is 7.89. The number of nitrogens with one attached hydrogen (secondary N) is 1. The highest BCUT2D eigenvalue weighted by Crippen LogP contribution is 2.11. The minimum Gasteiger partial charge on any atom is -0.480 e. The summed E-state index contributed by atoms with van der Waals surface area (Å²) in [6.45, 7) is 0. The maximum absolute atomic E-state index is 11.9. The maximum Gasteiger partial charge on any atom is 0.322 e. The van der Waals surface area contributed by atoms with Gasteiger partial charge in [-0.25, -0.2) is 8.42 Å². The lowest BCUT2D eigenvalue weighted by Gasteiger charge is -2.13. The van der Waals surface area contributed by atoms with Gasteiger partial charge in [0.05, 0.1) is 22.9 Å². The summed E-state index contributed by atoms with van der Waals surface area (Å²) in [7, 11) is -4.12. The molecule has 1 unspecified atom stereocenters. The lowest BCUT2D eigenvalue weighted by atomic mass is 10.2. The van der Waals surface area contributed by atoms with Crippen LogP contribution in [0.4, 0.5) is 0 Å². The number of nitrogens with two attached hydrogens (primary N) is 1. The number of carbonyl (C=O) groups is 2. The van der Waals surface area contributed by atoms with Gasteiger partial charge in [0.15, 0.2) is 0 Å². The Hall–Kier alpha value is -2.44. The van der Waals surface area contributed by atoms with E-state index in [0.717, 1.165) is 12.1 Å². The van der Waals surface area contributed by atoms with Gasteiger partial charge in [0, 0.05) is 0 Å². The second-order valence-electron chi connectivity index (χ2n) is 3.82. The number of benzene rings is 1. The van der Waals surface area contributed by atoms with Gasteiger partial charge in [0.1, 0.15) is 6.04 Å². The SMILES string of the molecule is N#Cc1ccc(S(=O)(=O)NC(CC(N)=O)C(=O)O)cc1. The van der Waals surface area contributed by atoms with E-state index in [4.69, 9.17) is 16.1 Å². The van der Waals surface area contributed by atoms with Crippen molar-refractivity contribution in [2.75, 3.05) is 0 Å². The summed E-state index contributed by atoms with van der Waals surface area (Å²) in [5.41, 5.74) is 5.11. The molecule has 0 fully saturated rings. The number of carboxylic acids is 1. The van der Waals surface area contributed by atoms with Crippen LogP contribution in [-0.4, -0.2) is 31.4 Å². The number of hydrogen-bond acceptors (Lipinski definition) is 5. The topological polar surface area (TPSA) is 150 Å². The van der Waals surface area contributed by atoms with Crippen LogP contribution in [0.3, 0.4) is 0 Å². The van der Waals surface area contributed by atoms with Crippen molar-refractivity contribution in [3.05, 3.63) is 29.8 Å². The first-order chi connectivity index (χ1) is 9.26. The Bertz CT molecular complexity index is 660. The Morgan fingerprint density at radius 1 is 1.35 bits per heavy atom. The Morgan fingerprint density at radius 2 is 1.90 bits per heavy atom. The van der Waals surface area contributed by atoms with Crippen molar-refractivity contribution in [3.8, 4) is 6.07 Å². The summed E-state index contributed by atoms with van der Waals surface area (Å²) in [5, 5.41) is 17.4. The van der Waals surface area contributed by atoms with E-state index in [2.05, 4.69) is 0 Å². The third kappa shape index (κ3) is 4.04. The third-order valence-electron chi connectivity index (χ3n) is 2.29. The number of hydrogen-bond donors (Lipinski definition) is 3. The molecule has 0 aliphatic heterocycles. The molecule has 9 heteroatoms. The molecule has 0 spiro atoms. The molecule has 4 N–H and O–H groups in total. The van der Waals surface area contributed by atoms with Crippen molar-refractivity contribution in [2.24, 2.45) is 5.73 Å². The van der Waals surface area contributed by atoms with Gasteiger partial charge in [-0.1, -0.05) is 0 Å². The minimum atomic E-state index is -4.12. The molecule has 0 bridgehead atoms. The van der Waals surface area contributed by atoms with Crippen LogP contribution in [-0.2, 0) is 19.6 Å². The normalized spacial score (nSPS) is 12.3. The molecule has 1 rings (SSSR count). The number of rotatable bonds is 6. The lowest BCUT2D eigenvalue weighted by Crippen LogP contribution is -2.43. The van der Waals surface area contributed by atoms with Gasteiger partial charge in [0.25, 0.3) is 0 Å². The van der Waals surface area contributed by atoms with E-state index in [-0.39, 0.29) is 10.5 Å². The van der Waals surface area contributed by atoms with Crippen LogP contribution in [0.5, 0.6) is 0 Å². The first-order valence-corrected chi connectivity index (χ1v) is 6.78. The molecule has 106 valence electrons. The van der Waals surface area contributed by atoms with Gasteiger partial charge in [-0.15, -0.1) is 0 Å². The molecule has 1 amide bonds. The predicted octanol–water partition coefficient (Wildman–Crippen LogP) is -0.835. The van der Waals surface area contributed by atoms with Crippen LogP contribution in [0.25, 0.3) is 0 Å². The van der Waals surface area contributed by atoms with Crippen LogP contribution >= 0.6 is 0 Å². The Labute approximate surface area is 114 Å². The molecule has 0 aliphatic carbocycles. The summed E-state index contributed by atoms with van der Waals surface area (Å²) >= 11 is 0. The average Bonchev–Trinajstić information content (AvgIpc) is 2.37. The molecule has 1 atom stereocenters. The largest absolute Gasteiger partial charge is 0.480 e. The molecular formula is C11H11N3O5S. The number of nitrogens with zero attached hydrogens (tertiary/aromatic N) is 1. The summed E-state index contributed by atoms with van der Waals surface area (Å²) in [4.78, 5) is 21.4. The number of sulfonamides is 1. The molecule has 0 aliphatic rings. The van der Waals surface area contributed by atoms with Crippen molar-refractivity contribution in [3.63, 3.8) is 0 Å². The number of carboxylic acid groups (broad SMARTS) is 1. The smallest absolute Gasteiger partial charge is 0.322 e. The van der Waals surface area contributed by atoms with Gasteiger partial charge in [-0.05, 0) is 24.3 Å². The van der Waals surface area contributed by atoms with Gasteiger partial charge in [-0.2, -0.15) is 9.98 Å². The van der Waals surface area contributed by atoms with Crippen molar-refractivity contribution in [1.82, 2.24) is 4.72 Å². The van der Waals surface area contributed by atoms with Gasteiger partial charge < -0.3 is 10.8 Å². The van der Waals surface area contributed by atoms with Crippen molar-refractivity contribution >= 4 is 21.9 Å². The highest BCUT2D eigenvalue weighted by atomic mass is 32.2. The highest BCUT2D eigenvalue weighted by Gasteiger charge is 2.26. The lowest BCUT2D eigenvalue weighted by molar-refractivity contribution is -0.140. The zero-order valence-corrected chi connectivity index (χ0v) is 10.9. The van der Waals surface area contributed by atoms with Crippen LogP contribution in [0.15, 0.2) is 29.2 Å². The third-order valence-corrected chi connectivity index (χ3v) is 3.78. The number of carbonyl (C=O) groups excluding carboxylic acids is 1. The van der Waals surface area contributed by atoms with E-state index in [1.165, 1.54) is 12.1 Å². The van der Waals surface area contributed by atoms with Crippen molar-refractivity contribution < 1.29 is 23.1 Å². The molecule has 0 radical (unpaired) electrons. The van der Waals surface area contributed by atoms with E-state index in [9.17, 15) is 18.0 Å². The first-order valence-electron chi connectivity index (χ1n) is 5.30. The monoisotopic (exact) mass is 297 g/mol. The summed E-state index contributed by atoms with van der Waals surface area (Å²) in [6.07, 6.45) is -0.662. The molecule has 0 saturated heterocycles. The zero-order valence-electron chi connectivity index (χ0n) is 10.1. The van der Waals surface area contributed by atoms with E-state index < -0.39 is 34.4 Å². The van der Waals surface area contributed by atoms with E-state index in [0.29, 0.717) is 0 Å². The van der Waals surface area contributed by atoms with Gasteiger partial charge in [-0.3, -0.25) is 9.59 Å². The quantitative estimate of drug-likeness (QED) is 0.623. The number of primary amides is 1. The average molecular weight is 297 g/mol. The summed E-state index contributed by atoms with van der Waals surface area (Å²) in [6, 6.07) is 5.04. The number of nitriles is 1. The van der Waals surface area contributed by atoms with Gasteiger partial charge in [0.2, 0.25) is 15.9 Å². The molecule has 0 heterocycles. The van der Waals surface area contributed by atoms with Gasteiger partial charge >= 0.3 is 5.97 Å². The standard InChI is InChI=1S/C11H11N3O5S/c12-6-7-1-3-8(4-2-7)20(18,19)14-9(11(16)17)5-10(13)15/h1-4,9,14H,5H2,(H2,13,15)(H,16,17). The summed E-state index contributed by atoms with van der Waals surface area (Å²) < 4.78 is 25.7. The Morgan fingerprint density at radius 3 is 2.30 bits per heavy atom. The molecule has 20 heavy (non-hydrogen) atoms. The maximum atomic E-state index is 11.9. The van der Waals surface area contributed by atoms with E-state index in [1.54, 1.807) is 0 Å². The second-order valence-corrected chi connectivity index (χ2v) is 5.53. The van der Waals surface area contributed by atoms with Crippen LogP contribution in [0.2, 0.25) is 0 Å². The fourth-order valence-corrected chi connectivity index (χ4v) is 2.53. The first kappa shape index (κ1) is 15.6. The molecule has 1 aromatic carbocycles. The second kappa shape index (κ2) is 6.14. The van der Waals surface area contributed by atoms with Crippen molar-refractivity contribution in [1.29, 1.82) is 5.26 Å². The molecule has 0 aromatic heterocycles. The zero-order chi connectivity index (χ0) is 15.3. The molecule has 1 aromatic rings. The van der Waals surface area contributed by atoms with Crippen LogP contribution < -0.4 is 10.5 Å². The summed E-state index contributed by atoms with van der Waals surface area (Å²) in [5.74, 6) is -2.46. The number of aliphatic carboxylic acids is 1. The Kier molecular flexibility index (Phi) is 4.79. The van der Waals surface area contributed by atoms with Crippen molar-refractivity contribution in [2.45, 2.75) is 17.4 Å². The van der Waals surface area contributed by atoms with Crippen LogP contribution in [0, 0.1) is 11.3 Å². The minimum absolute atomic E-state index is 0.216. The van der Waals surface area contributed by atoms with E-state index in [1.807, 2.05) is 10.8 Å².